The lowest BCUT2D eigenvalue weighted by Crippen LogP contribution is -2.48. The van der Waals surface area contributed by atoms with E-state index in [2.05, 4.69) is 58.4 Å². The average Bonchev–Trinajstić information content (AvgIpc) is 2.69. The Bertz CT molecular complexity index is 940. The van der Waals surface area contributed by atoms with Crippen LogP contribution in [0.1, 0.15) is 5.56 Å². The fraction of sp³-hybridized carbons (Fsp3) is 0.261. The van der Waals surface area contributed by atoms with Crippen molar-refractivity contribution in [1.82, 2.24) is 4.90 Å². The van der Waals surface area contributed by atoms with Crippen LogP contribution in [0.5, 0.6) is 0 Å². The van der Waals surface area contributed by atoms with Gasteiger partial charge in [-0.05, 0) is 36.1 Å². The molecule has 27 heavy (non-hydrogen) atoms. The van der Waals surface area contributed by atoms with Crippen molar-refractivity contribution < 1.29 is 4.79 Å². The minimum absolute atomic E-state index is 0.0513. The standard InChI is InChI=1S/C23H25N3O/c1-18-6-4-9-20(16-18)26-14-12-25(13-15-26)17-23(27)24-22-11-5-8-19-7-2-3-10-21(19)22/h2-11,16H,12-15,17H2,1H3,(H,24,27). The highest BCUT2D eigenvalue weighted by Gasteiger charge is 2.19. The Hall–Kier alpha value is -2.85. The molecule has 0 radical (unpaired) electrons. The van der Waals surface area contributed by atoms with Crippen LogP contribution in [-0.4, -0.2) is 43.5 Å². The third kappa shape index (κ3) is 4.12. The molecule has 0 atom stereocenters. The van der Waals surface area contributed by atoms with E-state index in [0.29, 0.717) is 6.54 Å². The second-order valence-electron chi connectivity index (χ2n) is 7.18. The smallest absolute Gasteiger partial charge is 0.238 e. The Kier molecular flexibility index (Phi) is 5.07. The molecule has 1 N–H and O–H groups in total. The Morgan fingerprint density at radius 3 is 2.48 bits per heavy atom. The van der Waals surface area contributed by atoms with Gasteiger partial charge in [0.05, 0.1) is 6.54 Å². The number of piperazine rings is 1. The molecular formula is C23H25N3O. The molecule has 138 valence electrons. The van der Waals surface area contributed by atoms with Gasteiger partial charge in [0.15, 0.2) is 0 Å². The number of rotatable bonds is 4. The summed E-state index contributed by atoms with van der Waals surface area (Å²) in [6.07, 6.45) is 0. The van der Waals surface area contributed by atoms with Gasteiger partial charge in [-0.1, -0.05) is 48.5 Å². The second-order valence-corrected chi connectivity index (χ2v) is 7.18. The maximum Gasteiger partial charge on any atom is 0.238 e. The van der Waals surface area contributed by atoms with Crippen LogP contribution in [0.2, 0.25) is 0 Å². The van der Waals surface area contributed by atoms with Crippen molar-refractivity contribution in [2.75, 3.05) is 42.9 Å². The third-order valence-electron chi connectivity index (χ3n) is 5.17. The molecule has 3 aromatic rings. The normalized spacial score (nSPS) is 15.1. The summed E-state index contributed by atoms with van der Waals surface area (Å²) in [6, 6.07) is 22.8. The van der Waals surface area contributed by atoms with Gasteiger partial charge in [0.2, 0.25) is 5.91 Å². The van der Waals surface area contributed by atoms with E-state index in [0.717, 1.165) is 42.6 Å². The minimum atomic E-state index is 0.0513. The molecule has 0 saturated carbocycles. The second kappa shape index (κ2) is 7.80. The fourth-order valence-electron chi connectivity index (χ4n) is 3.72. The van der Waals surface area contributed by atoms with Gasteiger partial charge in [-0.3, -0.25) is 9.69 Å². The van der Waals surface area contributed by atoms with E-state index in [-0.39, 0.29) is 5.91 Å². The summed E-state index contributed by atoms with van der Waals surface area (Å²) < 4.78 is 0. The van der Waals surface area contributed by atoms with E-state index in [1.807, 2.05) is 30.3 Å². The zero-order valence-corrected chi connectivity index (χ0v) is 15.7. The van der Waals surface area contributed by atoms with Crippen molar-refractivity contribution in [1.29, 1.82) is 0 Å². The summed E-state index contributed by atoms with van der Waals surface area (Å²) in [4.78, 5) is 17.2. The van der Waals surface area contributed by atoms with Gasteiger partial charge in [-0.25, -0.2) is 0 Å². The van der Waals surface area contributed by atoms with E-state index in [9.17, 15) is 4.79 Å². The van der Waals surface area contributed by atoms with Crippen LogP contribution in [0.25, 0.3) is 10.8 Å². The van der Waals surface area contributed by atoms with Gasteiger partial charge in [0.1, 0.15) is 0 Å². The fourth-order valence-corrected chi connectivity index (χ4v) is 3.72. The number of amides is 1. The molecule has 0 unspecified atom stereocenters. The summed E-state index contributed by atoms with van der Waals surface area (Å²) in [5, 5.41) is 5.31. The predicted octanol–water partition coefficient (Wildman–Crippen LogP) is 3.91. The predicted molar refractivity (Wildman–Crippen MR) is 112 cm³/mol. The van der Waals surface area contributed by atoms with Gasteiger partial charge in [-0.2, -0.15) is 0 Å². The number of fused-ring (bicyclic) bond motifs is 1. The Morgan fingerprint density at radius 1 is 0.926 bits per heavy atom. The first-order valence-electron chi connectivity index (χ1n) is 9.51. The van der Waals surface area contributed by atoms with Crippen molar-refractivity contribution in [3.63, 3.8) is 0 Å². The average molecular weight is 359 g/mol. The largest absolute Gasteiger partial charge is 0.369 e. The highest BCUT2D eigenvalue weighted by Crippen LogP contribution is 2.23. The number of nitrogens with zero attached hydrogens (tertiary/aromatic N) is 2. The number of carbonyl (C=O) groups is 1. The molecular weight excluding hydrogens is 334 g/mol. The molecule has 1 fully saturated rings. The topological polar surface area (TPSA) is 35.6 Å². The van der Waals surface area contributed by atoms with Crippen molar-refractivity contribution in [2.24, 2.45) is 0 Å². The number of benzene rings is 3. The number of aryl methyl sites for hydroxylation is 1. The quantitative estimate of drug-likeness (QED) is 0.767. The molecule has 0 aliphatic carbocycles. The van der Waals surface area contributed by atoms with Crippen LogP contribution in [0.3, 0.4) is 0 Å². The van der Waals surface area contributed by atoms with Gasteiger partial charge >= 0.3 is 0 Å². The Labute approximate surface area is 160 Å². The Balaban J connectivity index is 1.34. The lowest BCUT2D eigenvalue weighted by molar-refractivity contribution is -0.117. The molecule has 1 aliphatic heterocycles. The van der Waals surface area contributed by atoms with E-state index in [1.165, 1.54) is 11.3 Å². The molecule has 0 bridgehead atoms. The molecule has 0 aromatic heterocycles. The Morgan fingerprint density at radius 2 is 1.67 bits per heavy atom. The first kappa shape index (κ1) is 17.6. The van der Waals surface area contributed by atoms with Crippen LogP contribution >= 0.6 is 0 Å². The molecule has 1 aliphatic rings. The number of hydrogen-bond acceptors (Lipinski definition) is 3. The highest BCUT2D eigenvalue weighted by molar-refractivity contribution is 6.02. The summed E-state index contributed by atoms with van der Waals surface area (Å²) in [6.45, 7) is 6.26. The number of anilines is 2. The maximum atomic E-state index is 12.6. The molecule has 0 spiro atoms. The molecule has 1 amide bonds. The van der Waals surface area contributed by atoms with Crippen molar-refractivity contribution in [2.45, 2.75) is 6.92 Å². The van der Waals surface area contributed by atoms with E-state index in [1.54, 1.807) is 0 Å². The zero-order valence-electron chi connectivity index (χ0n) is 15.7. The first-order chi connectivity index (χ1) is 13.2. The van der Waals surface area contributed by atoms with Gasteiger partial charge in [0, 0.05) is 42.9 Å². The zero-order chi connectivity index (χ0) is 18.6. The molecule has 3 aromatic carbocycles. The van der Waals surface area contributed by atoms with Crippen LogP contribution in [0, 0.1) is 6.92 Å². The first-order valence-corrected chi connectivity index (χ1v) is 9.51. The number of carbonyl (C=O) groups excluding carboxylic acids is 1. The van der Waals surface area contributed by atoms with Crippen molar-refractivity contribution in [3.8, 4) is 0 Å². The van der Waals surface area contributed by atoms with Crippen LogP contribution < -0.4 is 10.2 Å². The van der Waals surface area contributed by atoms with Crippen LogP contribution in [0.15, 0.2) is 66.7 Å². The monoisotopic (exact) mass is 359 g/mol. The molecule has 1 heterocycles. The summed E-state index contributed by atoms with van der Waals surface area (Å²) in [7, 11) is 0. The summed E-state index contributed by atoms with van der Waals surface area (Å²) >= 11 is 0. The maximum absolute atomic E-state index is 12.6. The molecule has 1 saturated heterocycles. The highest BCUT2D eigenvalue weighted by atomic mass is 16.2. The van der Waals surface area contributed by atoms with Crippen LogP contribution in [0.4, 0.5) is 11.4 Å². The number of nitrogens with one attached hydrogen (secondary N) is 1. The lowest BCUT2D eigenvalue weighted by atomic mass is 10.1. The minimum Gasteiger partial charge on any atom is -0.369 e. The van der Waals surface area contributed by atoms with Crippen LogP contribution in [-0.2, 0) is 4.79 Å². The van der Waals surface area contributed by atoms with Gasteiger partial charge in [0.25, 0.3) is 0 Å². The van der Waals surface area contributed by atoms with Gasteiger partial charge in [-0.15, -0.1) is 0 Å². The third-order valence-corrected chi connectivity index (χ3v) is 5.17. The van der Waals surface area contributed by atoms with E-state index >= 15 is 0 Å². The van der Waals surface area contributed by atoms with Crippen molar-refractivity contribution >= 4 is 28.1 Å². The SMILES string of the molecule is Cc1cccc(N2CCN(CC(=O)Nc3cccc4ccccc34)CC2)c1. The number of hydrogen-bond donors (Lipinski definition) is 1. The molecule has 4 nitrogen and oxygen atoms in total. The molecule has 4 rings (SSSR count). The van der Waals surface area contributed by atoms with Crippen molar-refractivity contribution in [3.05, 3.63) is 72.3 Å². The molecule has 4 heteroatoms. The van der Waals surface area contributed by atoms with E-state index < -0.39 is 0 Å². The summed E-state index contributed by atoms with van der Waals surface area (Å²) in [5.74, 6) is 0.0513. The van der Waals surface area contributed by atoms with Gasteiger partial charge < -0.3 is 10.2 Å². The lowest BCUT2D eigenvalue weighted by Gasteiger charge is -2.35. The van der Waals surface area contributed by atoms with E-state index in [4.69, 9.17) is 0 Å². The summed E-state index contributed by atoms with van der Waals surface area (Å²) in [5.41, 5.74) is 3.44.